The number of amides is 1. The molecule has 0 unspecified atom stereocenters. The maximum absolute atomic E-state index is 14.4. The first-order valence-electron chi connectivity index (χ1n) is 9.28. The standard InChI is InChI=1S/C21H18F3N3O4S/c22-18-8-14(21(28)26-29)4-5-15(18)12-32(30,31)27-16-9-19(23)17(20(24)10-16)6-3-13-2-1-7-25-11-13/h1-2,4-5,7-11,27,29H,3,6,12H2,(H,26,28). The van der Waals surface area contributed by atoms with Crippen molar-refractivity contribution in [2.24, 2.45) is 0 Å². The van der Waals surface area contributed by atoms with Crippen LogP contribution in [0.25, 0.3) is 0 Å². The molecule has 0 aliphatic heterocycles. The zero-order chi connectivity index (χ0) is 23.3. The van der Waals surface area contributed by atoms with Crippen molar-refractivity contribution in [2.45, 2.75) is 18.6 Å². The van der Waals surface area contributed by atoms with Crippen LogP contribution in [0.2, 0.25) is 0 Å². The highest BCUT2D eigenvalue weighted by molar-refractivity contribution is 7.91. The lowest BCUT2D eigenvalue weighted by Crippen LogP contribution is -2.20. The van der Waals surface area contributed by atoms with Crippen molar-refractivity contribution in [1.82, 2.24) is 10.5 Å². The molecule has 7 nitrogen and oxygen atoms in total. The van der Waals surface area contributed by atoms with E-state index in [2.05, 4.69) is 4.98 Å². The Balaban J connectivity index is 1.72. The van der Waals surface area contributed by atoms with Gasteiger partial charge in [-0.1, -0.05) is 12.1 Å². The Bertz CT molecular complexity index is 1220. The number of carbonyl (C=O) groups is 1. The lowest BCUT2D eigenvalue weighted by molar-refractivity contribution is 0.0706. The predicted molar refractivity (Wildman–Crippen MR) is 110 cm³/mol. The smallest absolute Gasteiger partial charge is 0.274 e. The molecule has 0 saturated carbocycles. The van der Waals surface area contributed by atoms with Crippen molar-refractivity contribution in [3.8, 4) is 0 Å². The van der Waals surface area contributed by atoms with E-state index >= 15 is 0 Å². The van der Waals surface area contributed by atoms with E-state index in [0.717, 1.165) is 35.9 Å². The Labute approximate surface area is 181 Å². The number of sulfonamides is 1. The molecule has 0 aliphatic rings. The van der Waals surface area contributed by atoms with Crippen LogP contribution < -0.4 is 10.2 Å². The van der Waals surface area contributed by atoms with Crippen LogP contribution in [0.15, 0.2) is 54.9 Å². The Morgan fingerprint density at radius 1 is 1.00 bits per heavy atom. The second kappa shape index (κ2) is 9.79. The molecule has 0 bridgehead atoms. The Morgan fingerprint density at radius 3 is 2.31 bits per heavy atom. The van der Waals surface area contributed by atoms with Crippen molar-refractivity contribution in [3.05, 3.63) is 94.6 Å². The summed E-state index contributed by atoms with van der Waals surface area (Å²) in [5, 5.41) is 8.56. The quantitative estimate of drug-likeness (QED) is 0.349. The van der Waals surface area contributed by atoms with Gasteiger partial charge in [0.2, 0.25) is 10.0 Å². The van der Waals surface area contributed by atoms with E-state index in [1.54, 1.807) is 24.5 Å². The Kier molecular flexibility index (Phi) is 7.11. The van der Waals surface area contributed by atoms with Crippen molar-refractivity contribution in [1.29, 1.82) is 0 Å². The van der Waals surface area contributed by atoms with Crippen molar-refractivity contribution in [2.75, 3.05) is 4.72 Å². The molecule has 0 atom stereocenters. The lowest BCUT2D eigenvalue weighted by Gasteiger charge is -2.12. The molecule has 0 fully saturated rings. The van der Waals surface area contributed by atoms with Crippen molar-refractivity contribution >= 4 is 21.6 Å². The summed E-state index contributed by atoms with van der Waals surface area (Å²) in [6, 6.07) is 8.11. The van der Waals surface area contributed by atoms with Crippen LogP contribution in [-0.2, 0) is 28.6 Å². The van der Waals surface area contributed by atoms with Gasteiger partial charge in [0.15, 0.2) is 0 Å². The minimum absolute atomic E-state index is 0.0510. The number of nitrogens with zero attached hydrogens (tertiary/aromatic N) is 1. The normalized spacial score (nSPS) is 11.2. The molecule has 3 N–H and O–H groups in total. The minimum atomic E-state index is -4.23. The average molecular weight is 465 g/mol. The highest BCUT2D eigenvalue weighted by Gasteiger charge is 2.19. The van der Waals surface area contributed by atoms with Crippen LogP contribution in [0.1, 0.15) is 27.0 Å². The molecular formula is C21H18F3N3O4S. The maximum Gasteiger partial charge on any atom is 0.274 e. The van der Waals surface area contributed by atoms with E-state index in [4.69, 9.17) is 5.21 Å². The van der Waals surface area contributed by atoms with E-state index in [0.29, 0.717) is 6.42 Å². The highest BCUT2D eigenvalue weighted by Crippen LogP contribution is 2.23. The molecule has 1 heterocycles. The third-order valence-corrected chi connectivity index (χ3v) is 5.80. The summed E-state index contributed by atoms with van der Waals surface area (Å²) in [7, 11) is -4.23. The molecule has 0 saturated heterocycles. The first-order valence-corrected chi connectivity index (χ1v) is 10.9. The summed E-state index contributed by atoms with van der Waals surface area (Å²) >= 11 is 0. The number of nitrogens with one attached hydrogen (secondary N) is 2. The molecule has 11 heteroatoms. The topological polar surface area (TPSA) is 108 Å². The van der Waals surface area contributed by atoms with Gasteiger partial charge in [0, 0.05) is 29.1 Å². The second-order valence-electron chi connectivity index (χ2n) is 6.89. The van der Waals surface area contributed by atoms with Crippen LogP contribution in [0.5, 0.6) is 0 Å². The van der Waals surface area contributed by atoms with Crippen molar-refractivity contribution < 1.29 is 31.6 Å². The molecule has 3 rings (SSSR count). The van der Waals surface area contributed by atoms with Gasteiger partial charge in [0.1, 0.15) is 17.5 Å². The van der Waals surface area contributed by atoms with Crippen LogP contribution in [-0.4, -0.2) is 24.5 Å². The third-order valence-electron chi connectivity index (χ3n) is 4.56. The number of pyridine rings is 1. The zero-order valence-corrected chi connectivity index (χ0v) is 17.3. The number of carbonyl (C=O) groups excluding carboxylic acids is 1. The van der Waals surface area contributed by atoms with Gasteiger partial charge in [-0.05, 0) is 48.7 Å². The summed E-state index contributed by atoms with van der Waals surface area (Å²) in [4.78, 5) is 15.2. The van der Waals surface area contributed by atoms with Gasteiger partial charge in [-0.2, -0.15) is 0 Å². The Morgan fingerprint density at radius 2 is 1.72 bits per heavy atom. The van der Waals surface area contributed by atoms with Gasteiger partial charge < -0.3 is 0 Å². The molecule has 1 aromatic heterocycles. The Hall–Kier alpha value is -3.44. The number of halogens is 3. The van der Waals surface area contributed by atoms with E-state index in [-0.39, 0.29) is 28.8 Å². The fourth-order valence-electron chi connectivity index (χ4n) is 3.01. The highest BCUT2D eigenvalue weighted by atomic mass is 32.2. The minimum Gasteiger partial charge on any atom is -0.288 e. The van der Waals surface area contributed by atoms with Crippen LogP contribution >= 0.6 is 0 Å². The number of aryl methyl sites for hydroxylation is 1. The lowest BCUT2D eigenvalue weighted by atomic mass is 10.0. The van der Waals surface area contributed by atoms with Gasteiger partial charge in [-0.3, -0.25) is 19.7 Å². The summed E-state index contributed by atoms with van der Waals surface area (Å²) in [5.74, 6) is -4.65. The van der Waals surface area contributed by atoms with Crippen LogP contribution in [0.4, 0.5) is 18.9 Å². The van der Waals surface area contributed by atoms with E-state index in [1.165, 1.54) is 5.48 Å². The van der Waals surface area contributed by atoms with E-state index in [1.807, 2.05) is 4.72 Å². The number of benzene rings is 2. The molecule has 0 spiro atoms. The van der Waals surface area contributed by atoms with Gasteiger partial charge in [-0.15, -0.1) is 0 Å². The largest absolute Gasteiger partial charge is 0.288 e. The summed E-state index contributed by atoms with van der Waals surface area (Å²) in [6.07, 6.45) is 3.56. The number of hydroxylamine groups is 1. The molecule has 2 aromatic carbocycles. The zero-order valence-electron chi connectivity index (χ0n) is 16.5. The number of aromatic nitrogens is 1. The van der Waals surface area contributed by atoms with Gasteiger partial charge >= 0.3 is 0 Å². The molecule has 3 aromatic rings. The van der Waals surface area contributed by atoms with Crippen LogP contribution in [0, 0.1) is 17.5 Å². The molecule has 168 valence electrons. The second-order valence-corrected chi connectivity index (χ2v) is 8.61. The number of hydrogen-bond donors (Lipinski definition) is 3. The van der Waals surface area contributed by atoms with Gasteiger partial charge in [0.25, 0.3) is 5.91 Å². The fourth-order valence-corrected chi connectivity index (χ4v) is 4.20. The van der Waals surface area contributed by atoms with Crippen molar-refractivity contribution in [3.63, 3.8) is 0 Å². The van der Waals surface area contributed by atoms with Gasteiger partial charge in [-0.25, -0.2) is 27.1 Å². The monoisotopic (exact) mass is 465 g/mol. The fraction of sp³-hybridized carbons (Fsp3) is 0.143. The number of rotatable bonds is 8. The SMILES string of the molecule is O=C(NO)c1ccc(CS(=O)(=O)Nc2cc(F)c(CCc3cccnc3)c(F)c2)c(F)c1. The molecule has 32 heavy (non-hydrogen) atoms. The summed E-state index contributed by atoms with van der Waals surface area (Å²) < 4.78 is 69.7. The average Bonchev–Trinajstić information content (AvgIpc) is 2.74. The van der Waals surface area contributed by atoms with E-state index < -0.39 is 39.1 Å². The van der Waals surface area contributed by atoms with Crippen LogP contribution in [0.3, 0.4) is 0 Å². The van der Waals surface area contributed by atoms with E-state index in [9.17, 15) is 26.4 Å². The van der Waals surface area contributed by atoms with Gasteiger partial charge in [0.05, 0.1) is 11.4 Å². The third kappa shape index (κ3) is 5.83. The molecular weight excluding hydrogens is 447 g/mol. The molecule has 0 aliphatic carbocycles. The maximum atomic E-state index is 14.4. The molecule has 1 amide bonds. The first kappa shape index (κ1) is 23.2. The number of anilines is 1. The summed E-state index contributed by atoms with van der Waals surface area (Å²) in [6.45, 7) is 0. The molecule has 0 radical (unpaired) electrons. The predicted octanol–water partition coefficient (Wildman–Crippen LogP) is 3.35. The summed E-state index contributed by atoms with van der Waals surface area (Å²) in [5.41, 5.74) is 1.09. The number of hydrogen-bond acceptors (Lipinski definition) is 5. The first-order chi connectivity index (χ1) is 15.2.